The van der Waals surface area contributed by atoms with Gasteiger partial charge in [0, 0.05) is 5.69 Å². The third-order valence-corrected chi connectivity index (χ3v) is 2.44. The number of nitrogens with one attached hydrogen (secondary N) is 1. The first-order chi connectivity index (χ1) is 8.84. The molecule has 0 aromatic heterocycles. The fourth-order valence-corrected chi connectivity index (χ4v) is 1.31. The lowest BCUT2D eigenvalue weighted by atomic mass is 9.97. The minimum Gasteiger partial charge on any atom is -0.424 e. The molecule has 3 heteroatoms. The second-order valence-electron chi connectivity index (χ2n) is 5.26. The van der Waals surface area contributed by atoms with Crippen molar-refractivity contribution in [1.82, 2.24) is 0 Å². The fraction of sp³-hybridized carbons (Fsp3) is 0.312. The van der Waals surface area contributed by atoms with E-state index in [9.17, 15) is 4.79 Å². The number of benzene rings is 1. The van der Waals surface area contributed by atoms with Gasteiger partial charge >= 0.3 is 5.97 Å². The molecular weight excluding hydrogens is 238 g/mol. The summed E-state index contributed by atoms with van der Waals surface area (Å²) in [6.07, 6.45) is 1.72. The first kappa shape index (κ1) is 15.0. The summed E-state index contributed by atoms with van der Waals surface area (Å²) in [4.78, 5) is 11.9. The van der Waals surface area contributed by atoms with Crippen molar-refractivity contribution in [2.75, 3.05) is 5.32 Å². The Morgan fingerprint density at radius 2 is 1.84 bits per heavy atom. The smallest absolute Gasteiger partial charge is 0.316 e. The van der Waals surface area contributed by atoms with Gasteiger partial charge in [0.15, 0.2) is 0 Å². The Morgan fingerprint density at radius 3 is 2.32 bits per heavy atom. The lowest BCUT2D eigenvalue weighted by Gasteiger charge is -2.19. The Morgan fingerprint density at radius 1 is 1.26 bits per heavy atom. The van der Waals surface area contributed by atoms with Crippen molar-refractivity contribution in [1.29, 1.82) is 0 Å². The molecule has 0 radical (unpaired) electrons. The van der Waals surface area contributed by atoms with Crippen LogP contribution in [0.1, 0.15) is 27.7 Å². The minimum atomic E-state index is -0.540. The molecule has 0 bridgehead atoms. The van der Waals surface area contributed by atoms with Crippen molar-refractivity contribution in [3.63, 3.8) is 0 Å². The monoisotopic (exact) mass is 259 g/mol. The fourth-order valence-electron chi connectivity index (χ4n) is 1.31. The number of rotatable bonds is 4. The molecule has 0 aliphatic carbocycles. The Bertz CT molecular complexity index is 481. The SMILES string of the molecule is C=C(Nc1ccccc1)/C(=C\C)OC(=O)C(C)(C)C. The van der Waals surface area contributed by atoms with Crippen molar-refractivity contribution >= 4 is 11.7 Å². The van der Waals surface area contributed by atoms with E-state index in [1.165, 1.54) is 0 Å². The summed E-state index contributed by atoms with van der Waals surface area (Å²) >= 11 is 0. The molecule has 3 nitrogen and oxygen atoms in total. The molecule has 0 amide bonds. The van der Waals surface area contributed by atoms with Crippen LogP contribution in [-0.2, 0) is 9.53 Å². The Balaban J connectivity index is 2.72. The molecule has 0 saturated carbocycles. The van der Waals surface area contributed by atoms with Crippen molar-refractivity contribution in [3.05, 3.63) is 54.4 Å². The maximum absolute atomic E-state index is 11.9. The molecule has 1 N–H and O–H groups in total. The topological polar surface area (TPSA) is 38.3 Å². The van der Waals surface area contributed by atoms with Crippen LogP contribution in [0.4, 0.5) is 5.69 Å². The van der Waals surface area contributed by atoms with Crippen LogP contribution >= 0.6 is 0 Å². The summed E-state index contributed by atoms with van der Waals surface area (Å²) in [6.45, 7) is 11.2. The van der Waals surface area contributed by atoms with Crippen LogP contribution < -0.4 is 5.32 Å². The van der Waals surface area contributed by atoms with Crippen molar-refractivity contribution in [2.24, 2.45) is 5.41 Å². The van der Waals surface area contributed by atoms with Crippen LogP contribution in [0.5, 0.6) is 0 Å². The molecule has 0 saturated heterocycles. The number of allylic oxidation sites excluding steroid dienone is 1. The summed E-state index contributed by atoms with van der Waals surface area (Å²) in [6, 6.07) is 9.62. The van der Waals surface area contributed by atoms with E-state index in [1.807, 2.05) is 58.0 Å². The van der Waals surface area contributed by atoms with E-state index in [1.54, 1.807) is 6.08 Å². The average Bonchev–Trinajstić information content (AvgIpc) is 2.35. The number of para-hydroxylation sites is 1. The number of hydrogen-bond acceptors (Lipinski definition) is 3. The van der Waals surface area contributed by atoms with E-state index in [2.05, 4.69) is 11.9 Å². The first-order valence-corrected chi connectivity index (χ1v) is 6.24. The second-order valence-corrected chi connectivity index (χ2v) is 5.26. The van der Waals surface area contributed by atoms with Gasteiger partial charge in [-0.2, -0.15) is 0 Å². The molecule has 1 rings (SSSR count). The van der Waals surface area contributed by atoms with Gasteiger partial charge in [-0.15, -0.1) is 0 Å². The van der Waals surface area contributed by atoms with Gasteiger partial charge in [0.1, 0.15) is 5.76 Å². The maximum Gasteiger partial charge on any atom is 0.316 e. The molecule has 0 atom stereocenters. The Hall–Kier alpha value is -2.03. The highest BCUT2D eigenvalue weighted by Crippen LogP contribution is 2.21. The maximum atomic E-state index is 11.9. The summed E-state index contributed by atoms with van der Waals surface area (Å²) in [5.41, 5.74) is 0.923. The molecule has 102 valence electrons. The van der Waals surface area contributed by atoms with Crippen molar-refractivity contribution in [3.8, 4) is 0 Å². The first-order valence-electron chi connectivity index (χ1n) is 6.24. The molecule has 1 aromatic rings. The number of carbonyl (C=O) groups is 1. The summed E-state index contributed by atoms with van der Waals surface area (Å²) in [7, 11) is 0. The highest BCUT2D eigenvalue weighted by molar-refractivity contribution is 5.77. The van der Waals surface area contributed by atoms with Crippen molar-refractivity contribution in [2.45, 2.75) is 27.7 Å². The largest absolute Gasteiger partial charge is 0.424 e. The van der Waals surface area contributed by atoms with Crippen LogP contribution in [-0.4, -0.2) is 5.97 Å². The van der Waals surface area contributed by atoms with E-state index in [-0.39, 0.29) is 5.97 Å². The van der Waals surface area contributed by atoms with Gasteiger partial charge in [-0.3, -0.25) is 4.79 Å². The van der Waals surface area contributed by atoms with Crippen LogP contribution in [0.25, 0.3) is 0 Å². The molecular formula is C16H21NO2. The molecule has 0 aliphatic rings. The summed E-state index contributed by atoms with van der Waals surface area (Å²) in [5.74, 6) is 0.167. The zero-order valence-corrected chi connectivity index (χ0v) is 12.0. The minimum absolute atomic E-state index is 0.281. The van der Waals surface area contributed by atoms with Gasteiger partial charge in [0.05, 0.1) is 11.1 Å². The number of anilines is 1. The van der Waals surface area contributed by atoms with E-state index in [0.717, 1.165) is 5.69 Å². The second kappa shape index (κ2) is 6.23. The lowest BCUT2D eigenvalue weighted by molar-refractivity contribution is -0.148. The third kappa shape index (κ3) is 4.62. The predicted octanol–water partition coefficient (Wildman–Crippen LogP) is 4.11. The summed E-state index contributed by atoms with van der Waals surface area (Å²) in [5, 5.41) is 3.11. The van der Waals surface area contributed by atoms with E-state index in [0.29, 0.717) is 11.5 Å². The average molecular weight is 259 g/mol. The van der Waals surface area contributed by atoms with E-state index < -0.39 is 5.41 Å². The van der Waals surface area contributed by atoms with Gasteiger partial charge in [-0.25, -0.2) is 0 Å². The van der Waals surface area contributed by atoms with E-state index >= 15 is 0 Å². The van der Waals surface area contributed by atoms with Crippen LogP contribution in [0, 0.1) is 5.41 Å². The number of hydrogen-bond donors (Lipinski definition) is 1. The predicted molar refractivity (Wildman–Crippen MR) is 78.5 cm³/mol. The Labute approximate surface area is 115 Å². The van der Waals surface area contributed by atoms with Crippen molar-refractivity contribution < 1.29 is 9.53 Å². The molecule has 0 unspecified atom stereocenters. The molecule has 19 heavy (non-hydrogen) atoms. The van der Waals surface area contributed by atoms with Crippen LogP contribution in [0.2, 0.25) is 0 Å². The van der Waals surface area contributed by atoms with E-state index in [4.69, 9.17) is 4.74 Å². The number of ether oxygens (including phenoxy) is 1. The van der Waals surface area contributed by atoms with Gasteiger partial charge in [-0.1, -0.05) is 24.8 Å². The number of carbonyl (C=O) groups excluding carboxylic acids is 1. The van der Waals surface area contributed by atoms with Gasteiger partial charge in [0.25, 0.3) is 0 Å². The summed E-state index contributed by atoms with van der Waals surface area (Å²) < 4.78 is 5.36. The highest BCUT2D eigenvalue weighted by atomic mass is 16.5. The molecule has 0 aliphatic heterocycles. The van der Waals surface area contributed by atoms with Gasteiger partial charge in [-0.05, 0) is 45.9 Å². The molecule has 0 heterocycles. The lowest BCUT2D eigenvalue weighted by Crippen LogP contribution is -2.23. The van der Waals surface area contributed by atoms with Gasteiger partial charge in [0.2, 0.25) is 0 Å². The van der Waals surface area contributed by atoms with Gasteiger partial charge < -0.3 is 10.1 Å². The normalized spacial score (nSPS) is 11.9. The standard InChI is InChI=1S/C16H21NO2/c1-6-14(19-15(18)16(3,4)5)12(2)17-13-10-8-7-9-11-13/h6-11,17H,2H2,1,3-5H3/b14-6+. The third-order valence-electron chi connectivity index (χ3n) is 2.44. The highest BCUT2D eigenvalue weighted by Gasteiger charge is 2.24. The molecule has 0 fully saturated rings. The molecule has 0 spiro atoms. The molecule has 1 aromatic carbocycles. The zero-order chi connectivity index (χ0) is 14.5. The Kier molecular flexibility index (Phi) is 4.93. The quantitative estimate of drug-likeness (QED) is 0.502. The zero-order valence-electron chi connectivity index (χ0n) is 12.0. The van der Waals surface area contributed by atoms with Crippen LogP contribution in [0.15, 0.2) is 54.4 Å². The number of esters is 1. The van der Waals surface area contributed by atoms with Crippen LogP contribution in [0.3, 0.4) is 0 Å².